The summed E-state index contributed by atoms with van der Waals surface area (Å²) < 4.78 is 6.37. The highest BCUT2D eigenvalue weighted by Gasteiger charge is 2.11. The summed E-state index contributed by atoms with van der Waals surface area (Å²) in [4.78, 5) is 14.6. The van der Waals surface area contributed by atoms with Crippen molar-refractivity contribution in [2.24, 2.45) is 0 Å². The molecule has 2 heterocycles. The number of ether oxygens (including phenoxy) is 1. The van der Waals surface area contributed by atoms with Crippen LogP contribution in [0.1, 0.15) is 10.5 Å². The number of nitrogens with zero attached hydrogens (tertiary/aromatic N) is 3. The minimum absolute atomic E-state index is 0.0312. The Kier molecular flexibility index (Phi) is 1.81. The molecule has 6 nitrogen and oxygen atoms in total. The van der Waals surface area contributed by atoms with Gasteiger partial charge in [-0.1, -0.05) is 0 Å². The minimum Gasteiger partial charge on any atom is -0.479 e. The molecule has 0 aliphatic heterocycles. The summed E-state index contributed by atoms with van der Waals surface area (Å²) in [5.74, 6) is -0.719. The lowest BCUT2D eigenvalue weighted by molar-refractivity contribution is 0.0690. The van der Waals surface area contributed by atoms with Gasteiger partial charge in [0.25, 0.3) is 0 Å². The van der Waals surface area contributed by atoms with Crippen molar-refractivity contribution >= 4 is 11.5 Å². The molecule has 0 aromatic carbocycles. The Labute approximate surface area is 78.8 Å². The van der Waals surface area contributed by atoms with Gasteiger partial charge in [0, 0.05) is 18.5 Å². The first-order chi connectivity index (χ1) is 6.72. The van der Waals surface area contributed by atoms with Gasteiger partial charge in [-0.15, -0.1) is 0 Å². The smallest absolute Gasteiger partial charge is 0.356 e. The number of fused-ring (bicyclic) bond motifs is 1. The third-order valence-electron chi connectivity index (χ3n) is 1.77. The molecule has 0 radical (unpaired) electrons. The number of methoxy groups -OCH3 is 1. The molecule has 2 aromatic heterocycles. The fourth-order valence-electron chi connectivity index (χ4n) is 1.16. The van der Waals surface area contributed by atoms with Crippen LogP contribution in [0.5, 0.6) is 5.88 Å². The van der Waals surface area contributed by atoms with Crippen LogP contribution in [0.3, 0.4) is 0 Å². The lowest BCUT2D eigenvalue weighted by Gasteiger charge is -1.98. The first kappa shape index (κ1) is 8.49. The zero-order valence-electron chi connectivity index (χ0n) is 7.34. The van der Waals surface area contributed by atoms with Gasteiger partial charge >= 0.3 is 5.97 Å². The van der Waals surface area contributed by atoms with E-state index < -0.39 is 5.97 Å². The number of carbonyl (C=O) groups is 1. The number of rotatable bonds is 2. The first-order valence-corrected chi connectivity index (χ1v) is 3.84. The molecule has 14 heavy (non-hydrogen) atoms. The van der Waals surface area contributed by atoms with Crippen molar-refractivity contribution in [3.8, 4) is 5.88 Å². The molecule has 2 rings (SSSR count). The molecule has 0 atom stereocenters. The predicted molar refractivity (Wildman–Crippen MR) is 46.5 cm³/mol. The number of carboxylic acids is 1. The van der Waals surface area contributed by atoms with E-state index in [0.717, 1.165) is 0 Å². The van der Waals surface area contributed by atoms with Crippen LogP contribution in [-0.2, 0) is 0 Å². The quantitative estimate of drug-likeness (QED) is 0.748. The fourth-order valence-corrected chi connectivity index (χ4v) is 1.16. The maximum Gasteiger partial charge on any atom is 0.356 e. The highest BCUT2D eigenvalue weighted by molar-refractivity contribution is 5.87. The molecule has 0 aliphatic carbocycles. The predicted octanol–water partition coefficient (Wildman–Crippen LogP) is 0.436. The van der Waals surface area contributed by atoms with E-state index >= 15 is 0 Å². The Morgan fingerprint density at radius 2 is 2.43 bits per heavy atom. The molecule has 1 N–H and O–H groups in total. The summed E-state index contributed by atoms with van der Waals surface area (Å²) in [6.07, 6.45) is 3.05. The van der Waals surface area contributed by atoms with Crippen molar-refractivity contribution in [3.05, 3.63) is 24.2 Å². The van der Waals surface area contributed by atoms with E-state index in [1.165, 1.54) is 23.9 Å². The summed E-state index contributed by atoms with van der Waals surface area (Å²) in [7, 11) is 1.47. The Morgan fingerprint density at radius 3 is 3.07 bits per heavy atom. The Morgan fingerprint density at radius 1 is 1.64 bits per heavy atom. The molecule has 0 amide bonds. The van der Waals surface area contributed by atoms with Gasteiger partial charge in [0.1, 0.15) is 5.52 Å². The van der Waals surface area contributed by atoms with Crippen molar-refractivity contribution < 1.29 is 14.6 Å². The lowest BCUT2D eigenvalue weighted by atomic mass is 10.4. The van der Waals surface area contributed by atoms with E-state index in [0.29, 0.717) is 11.4 Å². The van der Waals surface area contributed by atoms with Crippen LogP contribution in [0.15, 0.2) is 18.5 Å². The van der Waals surface area contributed by atoms with Crippen molar-refractivity contribution in [3.63, 3.8) is 0 Å². The van der Waals surface area contributed by atoms with Crippen molar-refractivity contribution in [1.82, 2.24) is 14.6 Å². The van der Waals surface area contributed by atoms with Crippen LogP contribution in [0, 0.1) is 0 Å². The van der Waals surface area contributed by atoms with E-state index in [4.69, 9.17) is 9.84 Å². The second-order valence-corrected chi connectivity index (χ2v) is 2.60. The third-order valence-corrected chi connectivity index (χ3v) is 1.77. The van der Waals surface area contributed by atoms with Crippen LogP contribution in [0.4, 0.5) is 0 Å². The Hall–Kier alpha value is -2.11. The van der Waals surface area contributed by atoms with Crippen molar-refractivity contribution in [2.45, 2.75) is 0 Å². The molecule has 72 valence electrons. The second kappa shape index (κ2) is 2.99. The van der Waals surface area contributed by atoms with Gasteiger partial charge in [0.05, 0.1) is 7.11 Å². The van der Waals surface area contributed by atoms with Crippen molar-refractivity contribution in [1.29, 1.82) is 0 Å². The van der Waals surface area contributed by atoms with Gasteiger partial charge in [0.15, 0.2) is 5.69 Å². The molecular weight excluding hydrogens is 186 g/mol. The van der Waals surface area contributed by atoms with Gasteiger partial charge < -0.3 is 9.84 Å². The molecular formula is C8H7N3O3. The van der Waals surface area contributed by atoms with E-state index in [9.17, 15) is 4.79 Å². The number of aromatic nitrogens is 3. The first-order valence-electron chi connectivity index (χ1n) is 3.84. The van der Waals surface area contributed by atoms with E-state index in [1.807, 2.05) is 0 Å². The largest absolute Gasteiger partial charge is 0.479 e. The molecule has 0 unspecified atom stereocenters. The van der Waals surface area contributed by atoms with Gasteiger partial charge in [-0.2, -0.15) is 5.10 Å². The van der Waals surface area contributed by atoms with Gasteiger partial charge in [-0.25, -0.2) is 14.3 Å². The third kappa shape index (κ3) is 1.17. The van der Waals surface area contributed by atoms with Gasteiger partial charge in [-0.3, -0.25) is 0 Å². The van der Waals surface area contributed by atoms with Crippen molar-refractivity contribution in [2.75, 3.05) is 7.11 Å². The molecule has 0 saturated heterocycles. The molecule has 0 aliphatic rings. The average Bonchev–Trinajstić information content (AvgIpc) is 2.60. The SMILES string of the molecule is COc1nccn2nc(C(=O)O)cc12. The summed E-state index contributed by atoms with van der Waals surface area (Å²) in [6, 6.07) is 1.41. The van der Waals surface area contributed by atoms with E-state index in [-0.39, 0.29) is 5.69 Å². The van der Waals surface area contributed by atoms with E-state index in [1.54, 1.807) is 6.20 Å². The van der Waals surface area contributed by atoms with E-state index in [2.05, 4.69) is 10.1 Å². The number of hydrogen-bond acceptors (Lipinski definition) is 4. The van der Waals surface area contributed by atoms with Crippen LogP contribution in [0.2, 0.25) is 0 Å². The Balaban J connectivity index is 2.70. The zero-order chi connectivity index (χ0) is 10.1. The van der Waals surface area contributed by atoms with Crippen LogP contribution in [-0.4, -0.2) is 32.8 Å². The highest BCUT2D eigenvalue weighted by atomic mass is 16.5. The number of aromatic carboxylic acids is 1. The molecule has 6 heteroatoms. The summed E-state index contributed by atoms with van der Waals surface area (Å²) in [6.45, 7) is 0. The molecule has 0 spiro atoms. The molecule has 0 bridgehead atoms. The highest BCUT2D eigenvalue weighted by Crippen LogP contribution is 2.16. The van der Waals surface area contributed by atoms with Crippen LogP contribution < -0.4 is 4.74 Å². The standard InChI is InChI=1S/C8H7N3O3/c1-14-7-6-4-5(8(12)13)10-11(6)3-2-9-7/h2-4H,1H3,(H,12,13). The maximum absolute atomic E-state index is 10.6. The zero-order valence-corrected chi connectivity index (χ0v) is 7.34. The molecule has 0 fully saturated rings. The topological polar surface area (TPSA) is 76.7 Å². The summed E-state index contributed by atoms with van der Waals surface area (Å²) >= 11 is 0. The lowest BCUT2D eigenvalue weighted by Crippen LogP contribution is -1.97. The Bertz CT molecular complexity index is 492. The minimum atomic E-state index is -1.07. The van der Waals surface area contributed by atoms with Crippen LogP contribution >= 0.6 is 0 Å². The fraction of sp³-hybridized carbons (Fsp3) is 0.125. The molecule has 2 aromatic rings. The molecule has 0 saturated carbocycles. The number of carboxylic acid groups (broad SMARTS) is 1. The summed E-state index contributed by atoms with van der Waals surface area (Å²) in [5, 5.41) is 12.5. The van der Waals surface area contributed by atoms with Crippen LogP contribution in [0.25, 0.3) is 5.52 Å². The normalized spacial score (nSPS) is 10.4. The number of hydrogen-bond donors (Lipinski definition) is 1. The maximum atomic E-state index is 10.6. The summed E-state index contributed by atoms with van der Waals surface area (Å²) in [5.41, 5.74) is 0.503. The average molecular weight is 193 g/mol. The monoisotopic (exact) mass is 193 g/mol. The van der Waals surface area contributed by atoms with Gasteiger partial charge in [0.2, 0.25) is 5.88 Å². The second-order valence-electron chi connectivity index (χ2n) is 2.60. The van der Waals surface area contributed by atoms with Gasteiger partial charge in [-0.05, 0) is 0 Å².